The summed E-state index contributed by atoms with van der Waals surface area (Å²) < 4.78 is 0.806. The number of aromatic nitrogens is 2. The van der Waals surface area contributed by atoms with Gasteiger partial charge >= 0.3 is 0 Å². The van der Waals surface area contributed by atoms with Crippen molar-refractivity contribution in [1.82, 2.24) is 15.5 Å². The van der Waals surface area contributed by atoms with Crippen molar-refractivity contribution in [3.05, 3.63) is 22.4 Å². The summed E-state index contributed by atoms with van der Waals surface area (Å²) in [5, 5.41) is 17.2. The van der Waals surface area contributed by atoms with E-state index in [4.69, 9.17) is 0 Å². The molecule has 2 heterocycles. The van der Waals surface area contributed by atoms with Crippen molar-refractivity contribution < 1.29 is 4.79 Å². The fourth-order valence-corrected chi connectivity index (χ4v) is 4.38. The number of nitrogens with one attached hydrogen (secondary N) is 2. The van der Waals surface area contributed by atoms with Gasteiger partial charge in [-0.2, -0.15) is 0 Å². The number of thioether (sulfide) groups is 1. The number of carbonyl (C=O) groups is 1. The molecule has 1 amide bonds. The number of hydrogen-bond donors (Lipinski definition) is 2. The monoisotopic (exact) mass is 370 g/mol. The van der Waals surface area contributed by atoms with Crippen LogP contribution in [0.5, 0.6) is 0 Å². The smallest absolute Gasteiger partial charge is 0.233 e. The minimum absolute atomic E-state index is 0.0184. The van der Waals surface area contributed by atoms with Gasteiger partial charge < -0.3 is 10.6 Å². The minimum atomic E-state index is -0.221. The summed E-state index contributed by atoms with van der Waals surface area (Å²) in [7, 11) is 0. The Morgan fingerprint density at radius 2 is 2.17 bits per heavy atom. The molecule has 126 valence electrons. The van der Waals surface area contributed by atoms with Crippen LogP contribution in [-0.2, 0) is 11.2 Å². The van der Waals surface area contributed by atoms with Crippen LogP contribution < -0.4 is 10.6 Å². The van der Waals surface area contributed by atoms with Crippen LogP contribution in [0.2, 0.25) is 0 Å². The Morgan fingerprint density at radius 1 is 1.39 bits per heavy atom. The molecule has 0 fully saturated rings. The maximum absolute atomic E-state index is 12.1. The Bertz CT molecular complexity index is 619. The number of carbonyl (C=O) groups excluding carboxylic acids is 1. The Balaban J connectivity index is 1.78. The fourth-order valence-electron chi connectivity index (χ4n) is 1.75. The van der Waals surface area contributed by atoms with Crippen molar-refractivity contribution >= 4 is 45.5 Å². The average Bonchev–Trinajstić information content (AvgIpc) is 3.09. The van der Waals surface area contributed by atoms with Gasteiger partial charge in [-0.1, -0.05) is 29.2 Å². The first-order valence-electron chi connectivity index (χ1n) is 7.42. The molecule has 2 rings (SSSR count). The zero-order valence-electron chi connectivity index (χ0n) is 13.8. The zero-order valence-corrected chi connectivity index (χ0v) is 16.2. The highest BCUT2D eigenvalue weighted by molar-refractivity contribution is 8.02. The Hall–Kier alpha value is -1.12. The molecule has 0 saturated carbocycles. The highest BCUT2D eigenvalue weighted by atomic mass is 32.2. The average molecular weight is 371 g/mol. The standard InChI is InChI=1S/C15H22N4OS3/c1-10(12(20)17-15(2,3)4)22-14-19-18-13(23-14)16-8-7-11-6-5-9-21-11/h5-6,9-10H,7-8H2,1-4H3,(H,16,18)(H,17,20)/t10-/m0/s1. The van der Waals surface area contributed by atoms with Gasteiger partial charge in [-0.05, 0) is 45.6 Å². The second kappa shape index (κ2) is 8.12. The molecule has 1 atom stereocenters. The molecular weight excluding hydrogens is 348 g/mol. The van der Waals surface area contributed by atoms with Crippen molar-refractivity contribution in [2.45, 2.75) is 49.2 Å². The van der Waals surface area contributed by atoms with Gasteiger partial charge in [0.2, 0.25) is 11.0 Å². The highest BCUT2D eigenvalue weighted by Gasteiger charge is 2.21. The molecule has 0 aliphatic rings. The molecule has 0 bridgehead atoms. The minimum Gasteiger partial charge on any atom is -0.360 e. The number of amides is 1. The van der Waals surface area contributed by atoms with E-state index in [1.807, 2.05) is 27.7 Å². The van der Waals surface area contributed by atoms with Crippen LogP contribution >= 0.6 is 34.4 Å². The summed E-state index contributed by atoms with van der Waals surface area (Å²) in [6.45, 7) is 8.64. The molecule has 23 heavy (non-hydrogen) atoms. The fraction of sp³-hybridized carbons (Fsp3) is 0.533. The van der Waals surface area contributed by atoms with E-state index in [1.165, 1.54) is 28.0 Å². The van der Waals surface area contributed by atoms with Gasteiger partial charge in [0.25, 0.3) is 0 Å². The number of nitrogens with zero attached hydrogens (tertiary/aromatic N) is 2. The first kappa shape index (κ1) is 18.2. The maximum Gasteiger partial charge on any atom is 0.233 e. The molecule has 2 N–H and O–H groups in total. The number of hydrogen-bond acceptors (Lipinski definition) is 7. The quantitative estimate of drug-likeness (QED) is 0.728. The maximum atomic E-state index is 12.1. The van der Waals surface area contributed by atoms with Crippen LogP contribution in [0.3, 0.4) is 0 Å². The van der Waals surface area contributed by atoms with Crippen LogP contribution in [0.1, 0.15) is 32.6 Å². The molecule has 5 nitrogen and oxygen atoms in total. The summed E-state index contributed by atoms with van der Waals surface area (Å²) in [5.74, 6) is 0.0184. The molecule has 2 aromatic rings. The van der Waals surface area contributed by atoms with E-state index in [0.717, 1.165) is 22.4 Å². The summed E-state index contributed by atoms with van der Waals surface area (Å²) in [6.07, 6.45) is 0.976. The van der Waals surface area contributed by atoms with Crippen molar-refractivity contribution in [3.8, 4) is 0 Å². The number of anilines is 1. The van der Waals surface area contributed by atoms with Gasteiger partial charge in [-0.15, -0.1) is 21.5 Å². The summed E-state index contributed by atoms with van der Waals surface area (Å²) in [4.78, 5) is 13.4. The van der Waals surface area contributed by atoms with E-state index in [9.17, 15) is 4.79 Å². The molecule has 8 heteroatoms. The Labute approximate surface area is 149 Å². The topological polar surface area (TPSA) is 66.9 Å². The summed E-state index contributed by atoms with van der Waals surface area (Å²) in [6, 6.07) is 4.19. The van der Waals surface area contributed by atoms with Crippen molar-refractivity contribution in [2.24, 2.45) is 0 Å². The molecule has 0 radical (unpaired) electrons. The van der Waals surface area contributed by atoms with E-state index >= 15 is 0 Å². The first-order chi connectivity index (χ1) is 10.8. The van der Waals surface area contributed by atoms with Crippen LogP contribution in [0.25, 0.3) is 0 Å². The van der Waals surface area contributed by atoms with Crippen LogP contribution in [0, 0.1) is 0 Å². The molecular formula is C15H22N4OS3. The molecule has 0 saturated heterocycles. The second-order valence-corrected chi connectivity index (χ2v) is 9.73. The lowest BCUT2D eigenvalue weighted by Gasteiger charge is -2.22. The van der Waals surface area contributed by atoms with Crippen LogP contribution in [0.15, 0.2) is 21.9 Å². The number of thiophene rings is 1. The second-order valence-electron chi connectivity index (χ2n) is 6.13. The molecule has 0 aromatic carbocycles. The van der Waals surface area contributed by atoms with E-state index in [-0.39, 0.29) is 16.7 Å². The van der Waals surface area contributed by atoms with Gasteiger partial charge in [0.1, 0.15) is 0 Å². The van der Waals surface area contributed by atoms with Gasteiger partial charge in [0.05, 0.1) is 5.25 Å². The third-order valence-corrected chi connectivity index (χ3v) is 5.78. The molecule has 0 aliphatic heterocycles. The van der Waals surface area contributed by atoms with Gasteiger partial charge in [0.15, 0.2) is 4.34 Å². The predicted molar refractivity (Wildman–Crippen MR) is 99.6 cm³/mol. The molecule has 0 unspecified atom stereocenters. The normalized spacial score (nSPS) is 12.9. The summed E-state index contributed by atoms with van der Waals surface area (Å²) >= 11 is 4.68. The van der Waals surface area contributed by atoms with E-state index < -0.39 is 0 Å². The van der Waals surface area contributed by atoms with Crippen molar-refractivity contribution in [3.63, 3.8) is 0 Å². The van der Waals surface area contributed by atoms with Crippen LogP contribution in [0.4, 0.5) is 5.13 Å². The summed E-state index contributed by atoms with van der Waals surface area (Å²) in [5.41, 5.74) is -0.221. The largest absolute Gasteiger partial charge is 0.360 e. The SMILES string of the molecule is C[C@H](Sc1nnc(NCCc2cccs2)s1)C(=O)NC(C)(C)C. The van der Waals surface area contributed by atoms with Gasteiger partial charge in [-0.25, -0.2) is 0 Å². The lowest BCUT2D eigenvalue weighted by Crippen LogP contribution is -2.44. The third-order valence-electron chi connectivity index (χ3n) is 2.78. The Kier molecular flexibility index (Phi) is 6.43. The van der Waals surface area contributed by atoms with Crippen molar-refractivity contribution in [1.29, 1.82) is 0 Å². The first-order valence-corrected chi connectivity index (χ1v) is 9.99. The number of rotatable bonds is 7. The van der Waals surface area contributed by atoms with E-state index in [2.05, 4.69) is 38.3 Å². The Morgan fingerprint density at radius 3 is 2.83 bits per heavy atom. The van der Waals surface area contributed by atoms with Gasteiger partial charge in [-0.3, -0.25) is 4.79 Å². The lowest BCUT2D eigenvalue weighted by molar-refractivity contribution is -0.121. The zero-order chi connectivity index (χ0) is 16.9. The van der Waals surface area contributed by atoms with Crippen LogP contribution in [-0.4, -0.2) is 33.4 Å². The van der Waals surface area contributed by atoms with Gasteiger partial charge in [0, 0.05) is 17.0 Å². The molecule has 2 aromatic heterocycles. The van der Waals surface area contributed by atoms with Crippen molar-refractivity contribution in [2.75, 3.05) is 11.9 Å². The predicted octanol–water partition coefficient (Wildman–Crippen LogP) is 3.65. The molecule has 0 spiro atoms. The lowest BCUT2D eigenvalue weighted by atomic mass is 10.1. The van der Waals surface area contributed by atoms with E-state index in [1.54, 1.807) is 11.3 Å². The van der Waals surface area contributed by atoms with E-state index in [0.29, 0.717) is 0 Å². The highest BCUT2D eigenvalue weighted by Crippen LogP contribution is 2.29. The molecule has 0 aliphatic carbocycles. The third kappa shape index (κ3) is 6.48.